The third-order valence-corrected chi connectivity index (χ3v) is 10.2. The van der Waals surface area contributed by atoms with Gasteiger partial charge in [-0.15, -0.1) is 23.1 Å². The number of aromatic nitrogens is 1. The SMILES string of the molecule is COc1ccc(-c2csc(NC(=O)C(Sc3cccc(NC(=O)/C(=C\c4ccc(Cl)cc4Cl)NC(=O)c4ccccc4)c3)c3ccccc3)n2)cc1. The molecule has 0 aliphatic carbocycles. The lowest BCUT2D eigenvalue weighted by molar-refractivity contribution is -0.116. The van der Waals surface area contributed by atoms with Crippen LogP contribution in [0.3, 0.4) is 0 Å². The summed E-state index contributed by atoms with van der Waals surface area (Å²) in [7, 11) is 1.61. The number of amides is 3. The van der Waals surface area contributed by atoms with Crippen molar-refractivity contribution in [3.05, 3.63) is 165 Å². The molecule has 1 atom stereocenters. The van der Waals surface area contributed by atoms with E-state index in [0.717, 1.165) is 27.5 Å². The minimum absolute atomic E-state index is 0.0323. The number of ether oxygens (including phenoxy) is 1. The highest BCUT2D eigenvalue weighted by atomic mass is 35.5. The van der Waals surface area contributed by atoms with Crippen LogP contribution in [0.15, 0.2) is 143 Å². The zero-order valence-corrected chi connectivity index (χ0v) is 30.7. The molecular weight excluding hydrogens is 736 g/mol. The molecule has 12 heteroatoms. The average molecular weight is 766 g/mol. The monoisotopic (exact) mass is 764 g/mol. The summed E-state index contributed by atoms with van der Waals surface area (Å²) in [6, 6.07) is 37.5. The summed E-state index contributed by atoms with van der Waals surface area (Å²) in [4.78, 5) is 46.0. The Hall–Kier alpha value is -5.39. The van der Waals surface area contributed by atoms with Gasteiger partial charge in [0.15, 0.2) is 5.13 Å². The van der Waals surface area contributed by atoms with E-state index in [0.29, 0.717) is 32.0 Å². The molecule has 0 spiro atoms. The van der Waals surface area contributed by atoms with E-state index in [1.807, 2.05) is 66.0 Å². The van der Waals surface area contributed by atoms with Crippen molar-refractivity contribution in [1.29, 1.82) is 0 Å². The van der Waals surface area contributed by atoms with Crippen LogP contribution < -0.4 is 20.7 Å². The Morgan fingerprint density at radius 3 is 2.27 bits per heavy atom. The van der Waals surface area contributed by atoms with Crippen molar-refractivity contribution >= 4 is 80.9 Å². The van der Waals surface area contributed by atoms with Crippen molar-refractivity contribution < 1.29 is 19.1 Å². The summed E-state index contributed by atoms with van der Waals surface area (Å²) >= 11 is 15.2. The van der Waals surface area contributed by atoms with Crippen LogP contribution in [-0.4, -0.2) is 29.8 Å². The fraction of sp³-hybridized carbons (Fsp3) is 0.0500. The number of thioether (sulfide) groups is 1. The molecule has 6 rings (SSSR count). The highest BCUT2D eigenvalue weighted by Crippen LogP contribution is 2.38. The van der Waals surface area contributed by atoms with Crippen LogP contribution in [0.5, 0.6) is 5.75 Å². The van der Waals surface area contributed by atoms with Gasteiger partial charge in [0, 0.05) is 37.1 Å². The van der Waals surface area contributed by atoms with Crippen LogP contribution in [0, 0.1) is 0 Å². The standard InChI is InChI=1S/C40H30Cl2N4O4S2/c1-50-31-19-16-25(17-20-31)35-24-51-40(45-35)46-39(49)36(26-9-4-2-5-10-26)52-32-14-8-13-30(23-32)43-38(48)34(21-28-15-18-29(41)22-33(28)42)44-37(47)27-11-6-3-7-12-27/h2-24,36H,1H3,(H,43,48)(H,44,47)(H,45,46,49)/b34-21+. The first-order chi connectivity index (χ1) is 25.2. The van der Waals surface area contributed by atoms with Crippen LogP contribution in [0.25, 0.3) is 17.3 Å². The Labute approximate surface area is 318 Å². The molecule has 0 saturated carbocycles. The smallest absolute Gasteiger partial charge is 0.272 e. The fourth-order valence-corrected chi connectivity index (χ4v) is 7.26. The molecule has 0 fully saturated rings. The van der Waals surface area contributed by atoms with E-state index in [1.165, 1.54) is 29.2 Å². The first-order valence-electron chi connectivity index (χ1n) is 15.8. The van der Waals surface area contributed by atoms with Gasteiger partial charge in [-0.2, -0.15) is 0 Å². The molecule has 0 aliphatic rings. The molecule has 5 aromatic carbocycles. The number of hydrogen-bond donors (Lipinski definition) is 3. The fourth-order valence-electron chi connectivity index (χ4n) is 5.00. The van der Waals surface area contributed by atoms with Crippen LogP contribution in [0.2, 0.25) is 10.0 Å². The maximum atomic E-state index is 13.8. The molecule has 0 bridgehead atoms. The van der Waals surface area contributed by atoms with Gasteiger partial charge in [-0.05, 0) is 83.9 Å². The maximum absolute atomic E-state index is 13.8. The zero-order chi connectivity index (χ0) is 36.5. The third-order valence-electron chi connectivity index (χ3n) is 7.60. The quantitative estimate of drug-likeness (QED) is 0.0846. The summed E-state index contributed by atoms with van der Waals surface area (Å²) in [5.41, 5.74) is 3.72. The topological polar surface area (TPSA) is 109 Å². The minimum Gasteiger partial charge on any atom is -0.497 e. The van der Waals surface area contributed by atoms with Gasteiger partial charge >= 0.3 is 0 Å². The van der Waals surface area contributed by atoms with Crippen molar-refractivity contribution in [3.8, 4) is 17.0 Å². The van der Waals surface area contributed by atoms with Gasteiger partial charge in [-0.25, -0.2) is 4.98 Å². The van der Waals surface area contributed by atoms with Crippen molar-refractivity contribution in [2.75, 3.05) is 17.7 Å². The third kappa shape index (κ3) is 9.48. The number of carbonyl (C=O) groups excluding carboxylic acids is 3. The highest BCUT2D eigenvalue weighted by molar-refractivity contribution is 8.00. The number of anilines is 2. The number of hydrogen-bond acceptors (Lipinski definition) is 7. The molecule has 3 amide bonds. The van der Waals surface area contributed by atoms with Gasteiger partial charge in [0.2, 0.25) is 5.91 Å². The van der Waals surface area contributed by atoms with E-state index in [1.54, 1.807) is 73.8 Å². The maximum Gasteiger partial charge on any atom is 0.272 e. The lowest BCUT2D eigenvalue weighted by atomic mass is 10.1. The summed E-state index contributed by atoms with van der Waals surface area (Å²) in [6.07, 6.45) is 1.49. The van der Waals surface area contributed by atoms with E-state index in [9.17, 15) is 14.4 Å². The molecule has 260 valence electrons. The van der Waals surface area contributed by atoms with Gasteiger partial charge in [0.05, 0.1) is 12.8 Å². The van der Waals surface area contributed by atoms with Gasteiger partial charge in [-0.3, -0.25) is 14.4 Å². The van der Waals surface area contributed by atoms with E-state index in [-0.39, 0.29) is 11.6 Å². The second-order valence-corrected chi connectivity index (χ2v) is 14.1. The van der Waals surface area contributed by atoms with Gasteiger partial charge in [-0.1, -0.05) is 83.9 Å². The van der Waals surface area contributed by atoms with Crippen LogP contribution >= 0.6 is 46.3 Å². The summed E-state index contributed by atoms with van der Waals surface area (Å²) in [5.74, 6) is -0.556. The molecule has 1 heterocycles. The Morgan fingerprint density at radius 2 is 1.56 bits per heavy atom. The number of carbonyl (C=O) groups is 3. The molecule has 8 nitrogen and oxygen atoms in total. The molecule has 1 unspecified atom stereocenters. The number of nitrogens with zero attached hydrogens (tertiary/aromatic N) is 1. The van der Waals surface area contributed by atoms with Gasteiger partial charge in [0.25, 0.3) is 11.8 Å². The van der Waals surface area contributed by atoms with E-state index >= 15 is 0 Å². The van der Waals surface area contributed by atoms with E-state index in [2.05, 4.69) is 20.9 Å². The minimum atomic E-state index is -0.645. The van der Waals surface area contributed by atoms with Gasteiger partial charge < -0.3 is 20.7 Å². The molecule has 0 radical (unpaired) electrons. The normalized spacial score (nSPS) is 11.7. The van der Waals surface area contributed by atoms with E-state index < -0.39 is 17.1 Å². The second kappa shape index (κ2) is 17.2. The Kier molecular flexibility index (Phi) is 12.1. The number of benzene rings is 5. The van der Waals surface area contributed by atoms with Crippen LogP contribution in [0.4, 0.5) is 10.8 Å². The first kappa shape index (κ1) is 36.4. The lowest BCUT2D eigenvalue weighted by Crippen LogP contribution is -2.30. The molecule has 52 heavy (non-hydrogen) atoms. The number of rotatable bonds is 12. The number of nitrogens with one attached hydrogen (secondary N) is 3. The summed E-state index contributed by atoms with van der Waals surface area (Å²) in [5, 5.41) is 11.0. The van der Waals surface area contributed by atoms with Crippen molar-refractivity contribution in [3.63, 3.8) is 0 Å². The predicted molar refractivity (Wildman–Crippen MR) is 211 cm³/mol. The Morgan fingerprint density at radius 1 is 0.827 bits per heavy atom. The average Bonchev–Trinajstić information content (AvgIpc) is 3.63. The molecule has 1 aromatic heterocycles. The number of halogens is 2. The predicted octanol–water partition coefficient (Wildman–Crippen LogP) is 10.0. The molecule has 3 N–H and O–H groups in total. The zero-order valence-electron chi connectivity index (χ0n) is 27.5. The summed E-state index contributed by atoms with van der Waals surface area (Å²) in [6.45, 7) is 0. The van der Waals surface area contributed by atoms with Crippen LogP contribution in [0.1, 0.15) is 26.7 Å². The highest BCUT2D eigenvalue weighted by Gasteiger charge is 2.24. The molecule has 0 aliphatic heterocycles. The van der Waals surface area contributed by atoms with Crippen molar-refractivity contribution in [1.82, 2.24) is 10.3 Å². The summed E-state index contributed by atoms with van der Waals surface area (Å²) < 4.78 is 5.25. The lowest BCUT2D eigenvalue weighted by Gasteiger charge is -2.17. The largest absolute Gasteiger partial charge is 0.497 e. The molecule has 6 aromatic rings. The number of methoxy groups -OCH3 is 1. The second-order valence-electron chi connectivity index (χ2n) is 11.2. The number of thiazole rings is 1. The van der Waals surface area contributed by atoms with Crippen molar-refractivity contribution in [2.24, 2.45) is 0 Å². The van der Waals surface area contributed by atoms with Gasteiger partial charge in [0.1, 0.15) is 16.7 Å². The van der Waals surface area contributed by atoms with E-state index in [4.69, 9.17) is 27.9 Å². The molecular formula is C40H30Cl2N4O4S2. The first-order valence-corrected chi connectivity index (χ1v) is 18.3. The Bertz CT molecular complexity index is 2230. The van der Waals surface area contributed by atoms with Crippen molar-refractivity contribution in [2.45, 2.75) is 10.1 Å². The Balaban J connectivity index is 1.21. The van der Waals surface area contributed by atoms with Crippen LogP contribution in [-0.2, 0) is 9.59 Å². The molecule has 0 saturated heterocycles.